The second-order valence-electron chi connectivity index (χ2n) is 17.4. The highest BCUT2D eigenvalue weighted by Gasteiger charge is 2.24. The van der Waals surface area contributed by atoms with E-state index < -0.39 is 0 Å². The monoisotopic (exact) mass is 862 g/mol. The SMILES string of the molecule is [C-]#[N+]c1ccc(-c2cccc(-c3ccc(-c4nc(-c5ccccc5)nc(-c5ccc6c7c(cccc57)-c5ccccc5-6)n4)cc3)c2)c(-c2ccc(-c3cccc4c3ccc3ccccc34)cc2)c1. The van der Waals surface area contributed by atoms with Gasteiger partial charge in [-0.05, 0) is 117 Å². The van der Waals surface area contributed by atoms with Crippen molar-refractivity contribution in [3.05, 3.63) is 242 Å². The van der Waals surface area contributed by atoms with Crippen LogP contribution in [0.2, 0.25) is 0 Å². The lowest BCUT2D eigenvalue weighted by atomic mass is 9.90. The molecule has 1 aliphatic carbocycles. The van der Waals surface area contributed by atoms with Gasteiger partial charge in [0.1, 0.15) is 0 Å². The molecule has 4 heteroatoms. The van der Waals surface area contributed by atoms with Crippen molar-refractivity contribution >= 4 is 38.0 Å². The van der Waals surface area contributed by atoms with Gasteiger partial charge >= 0.3 is 0 Å². The second-order valence-corrected chi connectivity index (χ2v) is 17.4. The molecular weight excluding hydrogens is 825 g/mol. The van der Waals surface area contributed by atoms with E-state index in [-0.39, 0.29) is 0 Å². The number of hydrogen-bond donors (Lipinski definition) is 0. The predicted octanol–water partition coefficient (Wildman–Crippen LogP) is 17.2. The lowest BCUT2D eigenvalue weighted by Crippen LogP contribution is -2.00. The molecule has 0 atom stereocenters. The maximum Gasteiger partial charge on any atom is 0.187 e. The normalized spacial score (nSPS) is 11.5. The third-order valence-corrected chi connectivity index (χ3v) is 13.5. The van der Waals surface area contributed by atoms with Gasteiger partial charge in [-0.3, -0.25) is 0 Å². The maximum atomic E-state index is 7.88. The Morgan fingerprint density at radius 3 is 1.57 bits per heavy atom. The molecule has 68 heavy (non-hydrogen) atoms. The van der Waals surface area contributed by atoms with Crippen LogP contribution in [0, 0.1) is 6.57 Å². The van der Waals surface area contributed by atoms with Crippen molar-refractivity contribution in [2.45, 2.75) is 0 Å². The largest absolute Gasteiger partial charge is 0.238 e. The minimum absolute atomic E-state index is 0.608. The van der Waals surface area contributed by atoms with Gasteiger partial charge in [0.2, 0.25) is 0 Å². The second kappa shape index (κ2) is 16.0. The van der Waals surface area contributed by atoms with E-state index in [0.29, 0.717) is 23.2 Å². The molecule has 0 saturated heterocycles. The van der Waals surface area contributed by atoms with Gasteiger partial charge in [-0.25, -0.2) is 19.8 Å². The van der Waals surface area contributed by atoms with Gasteiger partial charge < -0.3 is 0 Å². The van der Waals surface area contributed by atoms with Crippen molar-refractivity contribution in [3.63, 3.8) is 0 Å². The van der Waals surface area contributed by atoms with Crippen molar-refractivity contribution < 1.29 is 0 Å². The average Bonchev–Trinajstić information content (AvgIpc) is 3.75. The molecule has 0 N–H and O–H groups in total. The van der Waals surface area contributed by atoms with Crippen molar-refractivity contribution in [1.82, 2.24) is 15.0 Å². The third kappa shape index (κ3) is 6.56. The van der Waals surface area contributed by atoms with E-state index in [9.17, 15) is 0 Å². The van der Waals surface area contributed by atoms with Gasteiger partial charge in [0.15, 0.2) is 23.2 Å². The Labute approximate surface area is 394 Å². The van der Waals surface area contributed by atoms with Crippen LogP contribution in [0.3, 0.4) is 0 Å². The summed E-state index contributed by atoms with van der Waals surface area (Å²) in [4.78, 5) is 19.2. The highest BCUT2D eigenvalue weighted by Crippen LogP contribution is 2.49. The molecule has 1 aromatic heterocycles. The topological polar surface area (TPSA) is 43.0 Å². The fraction of sp³-hybridized carbons (Fsp3) is 0. The van der Waals surface area contributed by atoms with E-state index in [2.05, 4.69) is 193 Å². The molecule has 0 saturated carbocycles. The summed E-state index contributed by atoms with van der Waals surface area (Å²) in [5.74, 6) is 1.89. The van der Waals surface area contributed by atoms with E-state index in [0.717, 1.165) is 61.0 Å². The number of nitrogens with zero attached hydrogens (tertiary/aromatic N) is 4. The summed E-state index contributed by atoms with van der Waals surface area (Å²) in [6, 6.07) is 81.2. The van der Waals surface area contributed by atoms with Crippen molar-refractivity contribution in [2.24, 2.45) is 0 Å². The number of rotatable bonds is 7. The third-order valence-electron chi connectivity index (χ3n) is 13.5. The van der Waals surface area contributed by atoms with Crippen LogP contribution in [0.5, 0.6) is 0 Å². The Hall–Kier alpha value is -9.30. The molecule has 1 aliphatic rings. The first-order valence-corrected chi connectivity index (χ1v) is 22.9. The van der Waals surface area contributed by atoms with Gasteiger partial charge in [-0.2, -0.15) is 0 Å². The van der Waals surface area contributed by atoms with Crippen LogP contribution in [0.1, 0.15) is 0 Å². The summed E-state index contributed by atoms with van der Waals surface area (Å²) in [6.07, 6.45) is 0. The highest BCUT2D eigenvalue weighted by atomic mass is 15.0. The zero-order chi connectivity index (χ0) is 45.1. The van der Waals surface area contributed by atoms with Crippen LogP contribution in [0.15, 0.2) is 231 Å². The zero-order valence-electron chi connectivity index (χ0n) is 36.7. The van der Waals surface area contributed by atoms with Crippen LogP contribution in [0.4, 0.5) is 5.69 Å². The molecule has 11 aromatic carbocycles. The van der Waals surface area contributed by atoms with Crippen LogP contribution >= 0.6 is 0 Å². The summed E-state index contributed by atoms with van der Waals surface area (Å²) < 4.78 is 0. The lowest BCUT2D eigenvalue weighted by molar-refractivity contribution is 1.08. The fourth-order valence-corrected chi connectivity index (χ4v) is 10.2. The van der Waals surface area contributed by atoms with Gasteiger partial charge in [0, 0.05) is 16.7 Å². The lowest BCUT2D eigenvalue weighted by Gasteiger charge is -2.14. The Balaban J connectivity index is 0.845. The predicted molar refractivity (Wildman–Crippen MR) is 281 cm³/mol. The van der Waals surface area contributed by atoms with E-state index in [1.807, 2.05) is 42.5 Å². The zero-order valence-corrected chi connectivity index (χ0v) is 36.7. The first-order chi connectivity index (χ1) is 33.6. The molecule has 0 amide bonds. The highest BCUT2D eigenvalue weighted by molar-refractivity contribution is 6.18. The van der Waals surface area contributed by atoms with Crippen LogP contribution in [-0.4, -0.2) is 15.0 Å². The first-order valence-electron chi connectivity index (χ1n) is 22.9. The van der Waals surface area contributed by atoms with Crippen molar-refractivity contribution in [2.75, 3.05) is 0 Å². The molecule has 314 valence electrons. The minimum atomic E-state index is 0.608. The summed E-state index contributed by atoms with van der Waals surface area (Å²) in [5, 5.41) is 7.34. The minimum Gasteiger partial charge on any atom is -0.238 e. The Morgan fingerprint density at radius 1 is 0.265 bits per heavy atom. The molecule has 0 bridgehead atoms. The standard InChI is InChI=1S/C64H38N4/c1-65-48-33-35-51(60(39-48)43-28-26-42(27-29-43)50-20-10-21-52-49-17-6-5-12-41(49)32-34-55(50)52)47-16-9-15-46(38-47)40-24-30-45(31-25-40)63-66-62(44-13-3-2-4-14-44)67-64(68-63)59-37-36-58-54-19-8-7-18-53(54)56-22-11-23-57(59)61(56)58/h2-39H. The molecular formula is C64H38N4. The van der Waals surface area contributed by atoms with Gasteiger partial charge in [0.05, 0.1) is 6.57 Å². The van der Waals surface area contributed by atoms with Gasteiger partial charge in [0.25, 0.3) is 0 Å². The van der Waals surface area contributed by atoms with Crippen LogP contribution in [0.25, 0.3) is 138 Å². The summed E-state index contributed by atoms with van der Waals surface area (Å²) >= 11 is 0. The molecule has 0 unspecified atom stereocenters. The molecule has 12 aromatic rings. The summed E-state index contributed by atoms with van der Waals surface area (Å²) in [5.41, 5.74) is 17.2. The molecule has 1 heterocycles. The first kappa shape index (κ1) is 39.1. The van der Waals surface area contributed by atoms with E-state index in [1.165, 1.54) is 54.7 Å². The number of aromatic nitrogens is 3. The molecule has 4 nitrogen and oxygen atoms in total. The fourth-order valence-electron chi connectivity index (χ4n) is 10.2. The quantitative estimate of drug-likeness (QED) is 0.118. The summed E-state index contributed by atoms with van der Waals surface area (Å²) in [7, 11) is 0. The van der Waals surface area contributed by atoms with Crippen LogP contribution < -0.4 is 0 Å². The van der Waals surface area contributed by atoms with Gasteiger partial charge in [-0.15, -0.1) is 0 Å². The molecule has 0 fully saturated rings. The molecule has 0 radical (unpaired) electrons. The van der Waals surface area contributed by atoms with Gasteiger partial charge in [-0.1, -0.05) is 212 Å². The van der Waals surface area contributed by atoms with Crippen molar-refractivity contribution in [3.8, 4) is 101 Å². The smallest absolute Gasteiger partial charge is 0.187 e. The number of benzene rings is 11. The number of hydrogen-bond acceptors (Lipinski definition) is 3. The van der Waals surface area contributed by atoms with E-state index in [4.69, 9.17) is 21.5 Å². The van der Waals surface area contributed by atoms with E-state index in [1.54, 1.807) is 0 Å². The number of fused-ring (bicyclic) bond motifs is 6. The molecule has 13 rings (SSSR count). The Morgan fingerprint density at radius 2 is 0.794 bits per heavy atom. The Bertz CT molecular complexity index is 3990. The Kier molecular flexibility index (Phi) is 9.20. The summed E-state index contributed by atoms with van der Waals surface area (Å²) in [6.45, 7) is 7.88. The molecule has 0 spiro atoms. The maximum absolute atomic E-state index is 7.88. The average molecular weight is 863 g/mol. The van der Waals surface area contributed by atoms with E-state index >= 15 is 0 Å². The van der Waals surface area contributed by atoms with Crippen LogP contribution in [-0.2, 0) is 0 Å². The van der Waals surface area contributed by atoms with Crippen molar-refractivity contribution in [1.29, 1.82) is 0 Å². The molecule has 0 aliphatic heterocycles.